The minimum atomic E-state index is -0.175. The van der Waals surface area contributed by atoms with Crippen LogP contribution in [-0.4, -0.2) is 21.1 Å². The quantitative estimate of drug-likeness (QED) is 0.431. The fourth-order valence-electron chi connectivity index (χ4n) is 1.98. The van der Waals surface area contributed by atoms with E-state index in [4.69, 9.17) is 0 Å². The molecule has 0 saturated heterocycles. The van der Waals surface area contributed by atoms with E-state index in [1.54, 1.807) is 54.6 Å². The van der Waals surface area contributed by atoms with Gasteiger partial charge in [0.15, 0.2) is 5.78 Å². The van der Waals surface area contributed by atoms with Crippen LogP contribution in [0.2, 0.25) is 0 Å². The molecule has 0 unspecified atom stereocenters. The van der Waals surface area contributed by atoms with E-state index in [1.807, 2.05) is 0 Å². The molecule has 4 heteroatoms. The molecular weight excluding hydrogens is 292 g/mol. The monoisotopic (exact) mass is 310 g/mol. The molecule has 0 atom stereocenters. The van der Waals surface area contributed by atoms with Crippen molar-refractivity contribution in [3.8, 4) is 11.5 Å². The topological polar surface area (TPSA) is 77.8 Å². The number of hydrogen-bond donors (Lipinski definition) is 3. The highest BCUT2D eigenvalue weighted by molar-refractivity contribution is 5.90. The van der Waals surface area contributed by atoms with Crippen LogP contribution >= 0.6 is 0 Å². The fraction of sp³-hybridized carbons (Fsp3) is 0.105. The SMILES string of the molecule is O=C(C=C(O)C=Cc1ccc(O)cc1)CCc1ccc(O)cc1. The maximum atomic E-state index is 11.8. The molecule has 2 aromatic rings. The summed E-state index contributed by atoms with van der Waals surface area (Å²) in [5.74, 6) is 0.0722. The van der Waals surface area contributed by atoms with E-state index in [0.717, 1.165) is 11.1 Å². The second kappa shape index (κ2) is 7.84. The number of rotatable bonds is 6. The number of aromatic hydroxyl groups is 2. The molecule has 0 amide bonds. The summed E-state index contributed by atoms with van der Waals surface area (Å²) in [7, 11) is 0. The smallest absolute Gasteiger partial charge is 0.159 e. The summed E-state index contributed by atoms with van der Waals surface area (Å²) >= 11 is 0. The van der Waals surface area contributed by atoms with Gasteiger partial charge in [-0.05, 0) is 47.9 Å². The van der Waals surface area contributed by atoms with Crippen molar-refractivity contribution < 1.29 is 20.1 Å². The minimum Gasteiger partial charge on any atom is -0.508 e. The van der Waals surface area contributed by atoms with Gasteiger partial charge in [-0.3, -0.25) is 4.79 Å². The number of allylic oxidation sites excluding steroid dienone is 2. The number of carbonyl (C=O) groups is 1. The zero-order valence-electron chi connectivity index (χ0n) is 12.5. The van der Waals surface area contributed by atoms with E-state index in [2.05, 4.69) is 0 Å². The maximum absolute atomic E-state index is 11.8. The Morgan fingerprint density at radius 2 is 1.48 bits per heavy atom. The number of aliphatic hydroxyl groups excluding tert-OH is 1. The molecule has 3 N–H and O–H groups in total. The second-order valence-corrected chi connectivity index (χ2v) is 5.13. The summed E-state index contributed by atoms with van der Waals surface area (Å²) in [5, 5.41) is 28.1. The standard InChI is InChI=1S/C19H18O4/c20-16-7-1-14(2-8-16)5-11-18(22)13-19(23)12-6-15-3-9-17(21)10-4-15/h1-5,7-11,13,20-22H,6,12H2. The largest absolute Gasteiger partial charge is 0.508 e. The molecule has 0 aliphatic carbocycles. The van der Waals surface area contributed by atoms with Crippen LogP contribution in [0.15, 0.2) is 66.4 Å². The lowest BCUT2D eigenvalue weighted by molar-refractivity contribution is -0.114. The number of benzene rings is 2. The van der Waals surface area contributed by atoms with Crippen molar-refractivity contribution in [2.24, 2.45) is 0 Å². The van der Waals surface area contributed by atoms with E-state index >= 15 is 0 Å². The normalized spacial score (nSPS) is 11.7. The van der Waals surface area contributed by atoms with Gasteiger partial charge in [0.25, 0.3) is 0 Å². The van der Waals surface area contributed by atoms with Crippen molar-refractivity contribution in [1.82, 2.24) is 0 Å². The molecule has 0 aromatic heterocycles. The molecule has 0 saturated carbocycles. The Kier molecular flexibility index (Phi) is 5.58. The molecule has 4 nitrogen and oxygen atoms in total. The fourth-order valence-corrected chi connectivity index (χ4v) is 1.98. The van der Waals surface area contributed by atoms with Gasteiger partial charge in [0, 0.05) is 12.5 Å². The van der Waals surface area contributed by atoms with Crippen LogP contribution in [0, 0.1) is 0 Å². The van der Waals surface area contributed by atoms with Gasteiger partial charge in [0.2, 0.25) is 0 Å². The Morgan fingerprint density at radius 1 is 0.913 bits per heavy atom. The van der Waals surface area contributed by atoms with Crippen LogP contribution in [-0.2, 0) is 11.2 Å². The Bertz CT molecular complexity index is 710. The van der Waals surface area contributed by atoms with Crippen molar-refractivity contribution in [2.45, 2.75) is 12.8 Å². The average Bonchev–Trinajstić information content (AvgIpc) is 2.54. The molecule has 0 aliphatic heterocycles. The van der Waals surface area contributed by atoms with Gasteiger partial charge < -0.3 is 15.3 Å². The molecule has 0 aliphatic rings. The summed E-state index contributed by atoms with van der Waals surface area (Å²) in [6.45, 7) is 0. The molecule has 0 bridgehead atoms. The molecule has 0 fully saturated rings. The third kappa shape index (κ3) is 5.71. The Morgan fingerprint density at radius 3 is 2.09 bits per heavy atom. The molecular formula is C19H18O4. The number of ketones is 1. The van der Waals surface area contributed by atoms with Gasteiger partial charge in [-0.15, -0.1) is 0 Å². The highest BCUT2D eigenvalue weighted by Crippen LogP contribution is 2.13. The molecule has 23 heavy (non-hydrogen) atoms. The van der Waals surface area contributed by atoms with Crippen LogP contribution in [0.1, 0.15) is 17.5 Å². The van der Waals surface area contributed by atoms with Crippen LogP contribution in [0.3, 0.4) is 0 Å². The predicted octanol–water partition coefficient (Wildman–Crippen LogP) is 3.75. The molecule has 0 heterocycles. The van der Waals surface area contributed by atoms with E-state index in [9.17, 15) is 20.1 Å². The first-order valence-electron chi connectivity index (χ1n) is 7.21. The summed E-state index contributed by atoms with van der Waals surface area (Å²) in [6, 6.07) is 13.2. The molecule has 0 spiro atoms. The van der Waals surface area contributed by atoms with Crippen LogP contribution in [0.4, 0.5) is 0 Å². The van der Waals surface area contributed by atoms with E-state index in [0.29, 0.717) is 6.42 Å². The van der Waals surface area contributed by atoms with Crippen LogP contribution in [0.5, 0.6) is 11.5 Å². The van der Waals surface area contributed by atoms with Gasteiger partial charge in [-0.1, -0.05) is 30.3 Å². The van der Waals surface area contributed by atoms with E-state index in [-0.39, 0.29) is 29.5 Å². The second-order valence-electron chi connectivity index (χ2n) is 5.13. The molecule has 2 aromatic carbocycles. The lowest BCUT2D eigenvalue weighted by Gasteiger charge is -1.99. The number of aryl methyl sites for hydroxylation is 1. The number of phenolic OH excluding ortho intramolecular Hbond substituents is 2. The molecule has 2 rings (SSSR count). The molecule has 0 radical (unpaired) electrons. The Labute approximate surface area is 134 Å². The van der Waals surface area contributed by atoms with E-state index < -0.39 is 0 Å². The number of hydrogen-bond acceptors (Lipinski definition) is 4. The summed E-state index contributed by atoms with van der Waals surface area (Å²) < 4.78 is 0. The zero-order valence-corrected chi connectivity index (χ0v) is 12.5. The first-order valence-corrected chi connectivity index (χ1v) is 7.21. The van der Waals surface area contributed by atoms with Gasteiger partial charge in [0.1, 0.15) is 17.3 Å². The third-order valence-corrected chi connectivity index (χ3v) is 3.24. The van der Waals surface area contributed by atoms with Gasteiger partial charge in [-0.2, -0.15) is 0 Å². The Balaban J connectivity index is 1.88. The lowest BCUT2D eigenvalue weighted by atomic mass is 10.1. The zero-order chi connectivity index (χ0) is 16.7. The summed E-state index contributed by atoms with van der Waals surface area (Å²) in [6.07, 6.45) is 5.10. The van der Waals surface area contributed by atoms with Gasteiger partial charge in [-0.25, -0.2) is 0 Å². The number of aliphatic hydroxyl groups is 1. The summed E-state index contributed by atoms with van der Waals surface area (Å²) in [4.78, 5) is 11.8. The number of carbonyl (C=O) groups excluding carboxylic acids is 1. The van der Waals surface area contributed by atoms with E-state index in [1.165, 1.54) is 12.2 Å². The minimum absolute atomic E-state index is 0.117. The van der Waals surface area contributed by atoms with Crippen molar-refractivity contribution in [3.63, 3.8) is 0 Å². The average molecular weight is 310 g/mol. The Hall–Kier alpha value is -3.01. The summed E-state index contributed by atoms with van der Waals surface area (Å²) in [5.41, 5.74) is 1.75. The lowest BCUT2D eigenvalue weighted by Crippen LogP contribution is -1.97. The van der Waals surface area contributed by atoms with Gasteiger partial charge in [0.05, 0.1) is 0 Å². The first kappa shape index (κ1) is 16.4. The van der Waals surface area contributed by atoms with Crippen molar-refractivity contribution in [1.29, 1.82) is 0 Å². The first-order chi connectivity index (χ1) is 11.0. The van der Waals surface area contributed by atoms with Crippen molar-refractivity contribution in [2.75, 3.05) is 0 Å². The third-order valence-electron chi connectivity index (χ3n) is 3.24. The van der Waals surface area contributed by atoms with Crippen molar-refractivity contribution in [3.05, 3.63) is 77.6 Å². The highest BCUT2D eigenvalue weighted by Gasteiger charge is 2.01. The van der Waals surface area contributed by atoms with Crippen molar-refractivity contribution >= 4 is 11.9 Å². The number of phenols is 2. The van der Waals surface area contributed by atoms with Gasteiger partial charge >= 0.3 is 0 Å². The predicted molar refractivity (Wildman–Crippen MR) is 89.3 cm³/mol. The molecule has 118 valence electrons. The van der Waals surface area contributed by atoms with Crippen LogP contribution < -0.4 is 0 Å². The van der Waals surface area contributed by atoms with Crippen LogP contribution in [0.25, 0.3) is 6.08 Å². The maximum Gasteiger partial charge on any atom is 0.159 e. The highest BCUT2D eigenvalue weighted by atomic mass is 16.3.